The van der Waals surface area contributed by atoms with Gasteiger partial charge >= 0.3 is 0 Å². The Kier molecular flexibility index (Phi) is 4.31. The lowest BCUT2D eigenvalue weighted by Crippen LogP contribution is -2.12. The highest BCUT2D eigenvalue weighted by atomic mass is 79.9. The molecule has 0 saturated carbocycles. The smallest absolute Gasteiger partial charge is 0.120 e. The fourth-order valence-corrected chi connectivity index (χ4v) is 1.89. The molecule has 13 heavy (non-hydrogen) atoms. The number of aromatic nitrogens is 1. The first-order chi connectivity index (χ1) is 6.16. The van der Waals surface area contributed by atoms with E-state index in [-0.39, 0.29) is 12.6 Å². The van der Waals surface area contributed by atoms with Crippen molar-refractivity contribution in [3.8, 4) is 0 Å². The molecule has 1 heterocycles. The summed E-state index contributed by atoms with van der Waals surface area (Å²) in [4.78, 5) is 4.03. The van der Waals surface area contributed by atoms with Gasteiger partial charge in [-0.2, -0.15) is 0 Å². The summed E-state index contributed by atoms with van der Waals surface area (Å²) in [6, 6.07) is 1.69. The molecule has 0 aliphatic heterocycles. The summed E-state index contributed by atoms with van der Waals surface area (Å²) < 4.78 is 1.59. The van der Waals surface area contributed by atoms with Gasteiger partial charge in [-0.3, -0.25) is 0 Å². The lowest BCUT2D eigenvalue weighted by molar-refractivity contribution is 0.276. The maximum absolute atomic E-state index is 8.74. The van der Waals surface area contributed by atoms with Gasteiger partial charge in [0.25, 0.3) is 0 Å². The molecular weight excluding hydrogens is 300 g/mol. The van der Waals surface area contributed by atoms with E-state index in [1.54, 1.807) is 6.20 Å². The van der Waals surface area contributed by atoms with E-state index in [2.05, 4.69) is 36.8 Å². The third-order valence-corrected chi connectivity index (χ3v) is 3.68. The van der Waals surface area contributed by atoms with Crippen molar-refractivity contribution in [1.29, 1.82) is 0 Å². The van der Waals surface area contributed by atoms with Gasteiger partial charge in [0.15, 0.2) is 0 Å². The molecule has 1 aromatic heterocycles. The van der Waals surface area contributed by atoms with Crippen molar-refractivity contribution in [2.45, 2.75) is 12.5 Å². The van der Waals surface area contributed by atoms with Crippen molar-refractivity contribution < 1.29 is 5.11 Å². The van der Waals surface area contributed by atoms with Crippen molar-refractivity contribution in [3.05, 3.63) is 26.9 Å². The Balaban J connectivity index is 2.93. The lowest BCUT2D eigenvalue weighted by Gasteiger charge is -2.12. The van der Waals surface area contributed by atoms with Crippen LogP contribution in [0.3, 0.4) is 0 Å². The monoisotopic (exact) mass is 308 g/mol. The van der Waals surface area contributed by atoms with E-state index in [1.165, 1.54) is 0 Å². The molecule has 0 aliphatic rings. The van der Waals surface area contributed by atoms with Crippen molar-refractivity contribution in [2.24, 2.45) is 5.73 Å². The van der Waals surface area contributed by atoms with Gasteiger partial charge < -0.3 is 10.8 Å². The average Bonchev–Trinajstić information content (AvgIpc) is 2.10. The molecule has 1 rings (SSSR count). The Morgan fingerprint density at radius 1 is 1.54 bits per heavy atom. The SMILES string of the molecule is NC(CCO)c1ccnc(Br)c1Br. The van der Waals surface area contributed by atoms with E-state index in [0.717, 1.165) is 14.6 Å². The van der Waals surface area contributed by atoms with Crippen LogP contribution in [0, 0.1) is 0 Å². The van der Waals surface area contributed by atoms with Gasteiger partial charge in [-0.05, 0) is 49.9 Å². The normalized spacial score (nSPS) is 12.9. The van der Waals surface area contributed by atoms with Crippen LogP contribution in [0.1, 0.15) is 18.0 Å². The van der Waals surface area contributed by atoms with Crippen LogP contribution in [-0.2, 0) is 0 Å². The quantitative estimate of drug-likeness (QED) is 0.840. The molecule has 1 atom stereocenters. The molecule has 0 radical (unpaired) electrons. The molecule has 1 unspecified atom stereocenters. The Hall–Kier alpha value is 0.0300. The van der Waals surface area contributed by atoms with E-state index >= 15 is 0 Å². The van der Waals surface area contributed by atoms with Crippen LogP contribution in [0.25, 0.3) is 0 Å². The first-order valence-corrected chi connectivity index (χ1v) is 5.41. The topological polar surface area (TPSA) is 59.1 Å². The van der Waals surface area contributed by atoms with Crippen LogP contribution in [0.2, 0.25) is 0 Å². The number of hydrogen-bond donors (Lipinski definition) is 2. The maximum Gasteiger partial charge on any atom is 0.120 e. The highest BCUT2D eigenvalue weighted by molar-refractivity contribution is 9.13. The first kappa shape index (κ1) is 11.1. The maximum atomic E-state index is 8.74. The van der Waals surface area contributed by atoms with Gasteiger partial charge in [0.05, 0.1) is 4.47 Å². The number of rotatable bonds is 3. The van der Waals surface area contributed by atoms with Crippen LogP contribution in [0.4, 0.5) is 0 Å². The number of nitrogens with two attached hydrogens (primary N) is 1. The van der Waals surface area contributed by atoms with Crippen LogP contribution in [0.15, 0.2) is 21.3 Å². The number of hydrogen-bond acceptors (Lipinski definition) is 3. The second kappa shape index (κ2) is 5.05. The molecule has 5 heteroatoms. The van der Waals surface area contributed by atoms with Gasteiger partial charge in [0.2, 0.25) is 0 Å². The van der Waals surface area contributed by atoms with E-state index in [4.69, 9.17) is 10.8 Å². The van der Waals surface area contributed by atoms with Gasteiger partial charge in [0, 0.05) is 18.8 Å². The van der Waals surface area contributed by atoms with Crippen LogP contribution < -0.4 is 5.73 Å². The van der Waals surface area contributed by atoms with Crippen LogP contribution in [-0.4, -0.2) is 16.7 Å². The van der Waals surface area contributed by atoms with Crippen molar-refractivity contribution in [2.75, 3.05) is 6.61 Å². The van der Waals surface area contributed by atoms with Crippen molar-refractivity contribution in [3.63, 3.8) is 0 Å². The fraction of sp³-hybridized carbons (Fsp3) is 0.375. The minimum Gasteiger partial charge on any atom is -0.396 e. The standard InChI is InChI=1S/C8H10Br2N2O/c9-7-5(6(11)2-4-13)1-3-12-8(7)10/h1,3,6,13H,2,4,11H2. The number of aliphatic hydroxyl groups excluding tert-OH is 1. The van der Waals surface area contributed by atoms with Gasteiger partial charge in [-0.25, -0.2) is 4.98 Å². The number of nitrogens with zero attached hydrogens (tertiary/aromatic N) is 1. The van der Waals surface area contributed by atoms with Crippen LogP contribution in [0.5, 0.6) is 0 Å². The fourth-order valence-electron chi connectivity index (χ4n) is 1.01. The molecule has 0 aromatic carbocycles. The molecule has 0 fully saturated rings. The van der Waals surface area contributed by atoms with E-state index in [1.807, 2.05) is 6.07 Å². The Morgan fingerprint density at radius 2 is 2.23 bits per heavy atom. The number of pyridine rings is 1. The zero-order valence-corrected chi connectivity index (χ0v) is 10.0. The van der Waals surface area contributed by atoms with E-state index in [9.17, 15) is 0 Å². The third-order valence-electron chi connectivity index (χ3n) is 1.72. The van der Waals surface area contributed by atoms with Crippen molar-refractivity contribution in [1.82, 2.24) is 4.98 Å². The molecule has 72 valence electrons. The summed E-state index contributed by atoms with van der Waals surface area (Å²) in [5, 5.41) is 8.74. The second-order valence-electron chi connectivity index (χ2n) is 2.62. The largest absolute Gasteiger partial charge is 0.396 e. The summed E-state index contributed by atoms with van der Waals surface area (Å²) in [5.74, 6) is 0. The average molecular weight is 310 g/mol. The minimum atomic E-state index is -0.154. The Morgan fingerprint density at radius 3 is 2.85 bits per heavy atom. The molecule has 1 aromatic rings. The summed E-state index contributed by atoms with van der Waals surface area (Å²) >= 11 is 6.67. The molecular formula is C8H10Br2N2O. The second-order valence-corrected chi connectivity index (χ2v) is 4.17. The summed E-state index contributed by atoms with van der Waals surface area (Å²) in [7, 11) is 0. The molecule has 0 bridgehead atoms. The first-order valence-electron chi connectivity index (χ1n) is 3.83. The predicted molar refractivity (Wildman–Crippen MR) is 58.3 cm³/mol. The highest BCUT2D eigenvalue weighted by Crippen LogP contribution is 2.28. The summed E-state index contributed by atoms with van der Waals surface area (Å²) in [6.45, 7) is 0.0908. The Labute approximate surface area is 93.6 Å². The molecule has 3 nitrogen and oxygen atoms in total. The number of halogens is 2. The molecule has 0 spiro atoms. The number of aliphatic hydroxyl groups is 1. The third kappa shape index (κ3) is 2.74. The van der Waals surface area contributed by atoms with Gasteiger partial charge in [-0.15, -0.1) is 0 Å². The molecule has 0 saturated heterocycles. The highest BCUT2D eigenvalue weighted by Gasteiger charge is 2.11. The molecule has 0 aliphatic carbocycles. The predicted octanol–water partition coefficient (Wildman–Crippen LogP) is 1.99. The minimum absolute atomic E-state index is 0.0908. The van der Waals surface area contributed by atoms with E-state index < -0.39 is 0 Å². The molecule has 0 amide bonds. The molecule has 3 N–H and O–H groups in total. The lowest BCUT2D eigenvalue weighted by atomic mass is 10.1. The summed E-state index contributed by atoms with van der Waals surface area (Å²) in [5.41, 5.74) is 6.79. The van der Waals surface area contributed by atoms with Crippen molar-refractivity contribution >= 4 is 31.9 Å². The van der Waals surface area contributed by atoms with Crippen LogP contribution >= 0.6 is 31.9 Å². The van der Waals surface area contributed by atoms with Gasteiger partial charge in [-0.1, -0.05) is 0 Å². The Bertz CT molecular complexity index is 293. The summed E-state index contributed by atoms with van der Waals surface area (Å²) in [6.07, 6.45) is 2.23. The van der Waals surface area contributed by atoms with E-state index in [0.29, 0.717) is 6.42 Å². The van der Waals surface area contributed by atoms with Gasteiger partial charge in [0.1, 0.15) is 4.60 Å². The zero-order valence-electron chi connectivity index (χ0n) is 6.87. The zero-order chi connectivity index (χ0) is 9.84.